The summed E-state index contributed by atoms with van der Waals surface area (Å²) in [6, 6.07) is 3.68. The Hall–Kier alpha value is -2.57. The van der Waals surface area contributed by atoms with Crippen LogP contribution in [0.2, 0.25) is 0 Å². The molecule has 1 aliphatic heterocycles. The second-order valence-corrected chi connectivity index (χ2v) is 3.57. The van der Waals surface area contributed by atoms with Crippen LogP contribution >= 0.6 is 0 Å². The maximum absolute atomic E-state index is 11.3. The van der Waals surface area contributed by atoms with Crippen molar-refractivity contribution in [2.75, 3.05) is 13.2 Å². The number of urea groups is 1. The Morgan fingerprint density at radius 3 is 2.94 bits per heavy atom. The largest absolute Gasteiger partial charge is 0.485 e. The van der Waals surface area contributed by atoms with Gasteiger partial charge in [-0.1, -0.05) is 0 Å². The zero-order valence-corrected chi connectivity index (χ0v) is 9.26. The van der Waals surface area contributed by atoms with Crippen LogP contribution in [0.15, 0.2) is 18.2 Å². The van der Waals surface area contributed by atoms with Crippen molar-refractivity contribution in [3.63, 3.8) is 0 Å². The van der Waals surface area contributed by atoms with E-state index in [1.165, 1.54) is 6.07 Å². The number of hydrogen-bond donors (Lipinski definition) is 2. The molecule has 0 radical (unpaired) electrons. The number of nitrogens with two attached hydrogens (primary N) is 1. The molecule has 3 amide bonds. The van der Waals surface area contributed by atoms with Crippen LogP contribution in [0.3, 0.4) is 0 Å². The highest BCUT2D eigenvalue weighted by atomic mass is 16.5. The number of primary amides is 1. The minimum atomic E-state index is -0.938. The van der Waals surface area contributed by atoms with E-state index in [2.05, 4.69) is 0 Å². The molecular formula is C11H10N2O5. The molecule has 7 heteroatoms. The second kappa shape index (κ2) is 4.74. The van der Waals surface area contributed by atoms with E-state index in [4.69, 9.17) is 15.2 Å². The van der Waals surface area contributed by atoms with Crippen molar-refractivity contribution in [1.82, 2.24) is 5.32 Å². The van der Waals surface area contributed by atoms with Crippen LogP contribution in [-0.4, -0.2) is 30.9 Å². The number of fused-ring (bicyclic) bond motifs is 1. The fraction of sp³-hybridized carbons (Fsp3) is 0.182. The summed E-state index contributed by atoms with van der Waals surface area (Å²) in [5, 5.41) is 1.86. The monoisotopic (exact) mass is 250 g/mol. The summed E-state index contributed by atoms with van der Waals surface area (Å²) in [5.41, 5.74) is 5.26. The average Bonchev–Trinajstić information content (AvgIpc) is 2.67. The van der Waals surface area contributed by atoms with Crippen molar-refractivity contribution in [1.29, 1.82) is 0 Å². The van der Waals surface area contributed by atoms with Crippen LogP contribution in [-0.2, 0) is 4.79 Å². The van der Waals surface area contributed by atoms with Gasteiger partial charge >= 0.3 is 6.03 Å². The molecule has 2 rings (SSSR count). The van der Waals surface area contributed by atoms with Crippen molar-refractivity contribution in [2.45, 2.75) is 0 Å². The molecule has 0 unspecified atom stereocenters. The molecule has 0 atom stereocenters. The summed E-state index contributed by atoms with van der Waals surface area (Å²) >= 11 is 0. The first-order valence-corrected chi connectivity index (χ1v) is 5.08. The number of ether oxygens (including phenoxy) is 2. The lowest BCUT2D eigenvalue weighted by molar-refractivity contribution is -0.121. The molecule has 0 aromatic heterocycles. The third-order valence-corrected chi connectivity index (χ3v) is 2.24. The van der Waals surface area contributed by atoms with Crippen molar-refractivity contribution in [3.8, 4) is 11.5 Å². The van der Waals surface area contributed by atoms with Crippen molar-refractivity contribution < 1.29 is 23.9 Å². The molecule has 0 saturated carbocycles. The van der Waals surface area contributed by atoms with Crippen LogP contribution < -0.4 is 20.5 Å². The van der Waals surface area contributed by atoms with Crippen molar-refractivity contribution >= 4 is 17.7 Å². The first-order chi connectivity index (χ1) is 8.56. The molecule has 3 N–H and O–H groups in total. The molecule has 1 heterocycles. The Morgan fingerprint density at radius 2 is 2.22 bits per heavy atom. The number of rotatable bonds is 3. The molecule has 1 aliphatic rings. The quantitative estimate of drug-likeness (QED) is 0.774. The van der Waals surface area contributed by atoms with Crippen LogP contribution in [0, 0.1) is 0 Å². The van der Waals surface area contributed by atoms with Gasteiger partial charge in [-0.15, -0.1) is 0 Å². The highest BCUT2D eigenvalue weighted by molar-refractivity contribution is 6.02. The summed E-state index contributed by atoms with van der Waals surface area (Å²) in [4.78, 5) is 32.8. The van der Waals surface area contributed by atoms with E-state index < -0.39 is 11.9 Å². The second-order valence-electron chi connectivity index (χ2n) is 3.57. The molecule has 18 heavy (non-hydrogen) atoms. The molecule has 1 aromatic carbocycles. The van der Waals surface area contributed by atoms with E-state index in [0.29, 0.717) is 17.1 Å². The first kappa shape index (κ1) is 11.9. The van der Waals surface area contributed by atoms with Gasteiger partial charge in [-0.2, -0.15) is 0 Å². The van der Waals surface area contributed by atoms with Gasteiger partial charge in [-0.3, -0.25) is 14.9 Å². The summed E-state index contributed by atoms with van der Waals surface area (Å²) in [6.45, 7) is -0.337. The fourth-order valence-corrected chi connectivity index (χ4v) is 1.49. The lowest BCUT2D eigenvalue weighted by Gasteiger charge is -2.06. The Labute approximate surface area is 102 Å². The first-order valence-electron chi connectivity index (χ1n) is 5.08. The van der Waals surface area contributed by atoms with Gasteiger partial charge in [0.15, 0.2) is 13.2 Å². The minimum absolute atomic E-state index is 0.0148. The molecule has 0 spiro atoms. The highest BCUT2D eigenvalue weighted by Gasteiger charge is 2.21. The van der Waals surface area contributed by atoms with Crippen LogP contribution in [0.5, 0.6) is 11.5 Å². The molecule has 0 fully saturated rings. The lowest BCUT2D eigenvalue weighted by Crippen LogP contribution is -2.38. The molecule has 7 nitrogen and oxygen atoms in total. The van der Waals surface area contributed by atoms with Gasteiger partial charge in [0.25, 0.3) is 5.91 Å². The van der Waals surface area contributed by atoms with E-state index in [0.717, 1.165) is 0 Å². The smallest absolute Gasteiger partial charge is 0.318 e. The van der Waals surface area contributed by atoms with Gasteiger partial charge in [0.2, 0.25) is 5.78 Å². The van der Waals surface area contributed by atoms with E-state index >= 15 is 0 Å². The highest BCUT2D eigenvalue weighted by Crippen LogP contribution is 2.29. The third-order valence-electron chi connectivity index (χ3n) is 2.24. The predicted octanol–water partition coefficient (Wildman–Crippen LogP) is -0.165. The van der Waals surface area contributed by atoms with E-state index in [-0.39, 0.29) is 19.0 Å². The third kappa shape index (κ3) is 2.57. The van der Waals surface area contributed by atoms with E-state index in [1.807, 2.05) is 5.32 Å². The van der Waals surface area contributed by atoms with Gasteiger partial charge < -0.3 is 15.2 Å². The number of amides is 3. The molecule has 1 aromatic rings. The fourth-order valence-electron chi connectivity index (χ4n) is 1.49. The number of benzene rings is 1. The van der Waals surface area contributed by atoms with Crippen LogP contribution in [0.1, 0.15) is 10.4 Å². The predicted molar refractivity (Wildman–Crippen MR) is 59.5 cm³/mol. The molecule has 0 aliphatic carbocycles. The number of ketones is 1. The number of nitrogens with one attached hydrogen (secondary N) is 1. The van der Waals surface area contributed by atoms with Crippen LogP contribution in [0.4, 0.5) is 4.79 Å². The summed E-state index contributed by atoms with van der Waals surface area (Å²) in [7, 11) is 0. The number of carbonyl (C=O) groups excluding carboxylic acids is 3. The van der Waals surface area contributed by atoms with Gasteiger partial charge in [0.05, 0.1) is 5.56 Å². The van der Waals surface area contributed by atoms with Crippen LogP contribution in [0.25, 0.3) is 0 Å². The normalized spacial score (nSPS) is 12.6. The SMILES string of the molecule is NC(=O)NC(=O)COc1ccc2c(c1)OCC2=O. The Kier molecular flexibility index (Phi) is 3.13. The Bertz CT molecular complexity index is 526. The zero-order valence-electron chi connectivity index (χ0n) is 9.26. The molecular weight excluding hydrogens is 240 g/mol. The average molecular weight is 250 g/mol. The van der Waals surface area contributed by atoms with Crippen molar-refractivity contribution in [2.24, 2.45) is 5.73 Å². The van der Waals surface area contributed by atoms with Gasteiger partial charge in [0.1, 0.15) is 11.5 Å². The van der Waals surface area contributed by atoms with Gasteiger partial charge in [-0.25, -0.2) is 4.79 Å². The van der Waals surface area contributed by atoms with E-state index in [9.17, 15) is 14.4 Å². The molecule has 94 valence electrons. The lowest BCUT2D eigenvalue weighted by atomic mass is 10.1. The maximum atomic E-state index is 11.3. The maximum Gasteiger partial charge on any atom is 0.318 e. The Balaban J connectivity index is 1.97. The number of imide groups is 1. The minimum Gasteiger partial charge on any atom is -0.485 e. The number of carbonyl (C=O) groups is 3. The van der Waals surface area contributed by atoms with Crippen molar-refractivity contribution in [3.05, 3.63) is 23.8 Å². The van der Waals surface area contributed by atoms with Gasteiger partial charge in [0, 0.05) is 6.07 Å². The summed E-state index contributed by atoms with van der Waals surface area (Å²) in [5.74, 6) is 0.0406. The number of hydrogen-bond acceptors (Lipinski definition) is 5. The number of Topliss-reactive ketones (excluding diaryl/α,β-unsaturated/α-hetero) is 1. The summed E-state index contributed by atoms with van der Waals surface area (Å²) < 4.78 is 10.2. The zero-order chi connectivity index (χ0) is 13.1. The topological polar surface area (TPSA) is 108 Å². The molecule has 0 bridgehead atoms. The van der Waals surface area contributed by atoms with Gasteiger partial charge in [-0.05, 0) is 12.1 Å². The van der Waals surface area contributed by atoms with E-state index in [1.54, 1.807) is 12.1 Å². The standard InChI is InChI=1S/C11H10N2O5/c12-11(16)13-10(15)5-17-6-1-2-7-8(14)4-18-9(7)3-6/h1-3H,4-5H2,(H3,12,13,15,16). The summed E-state index contributed by atoms with van der Waals surface area (Å²) in [6.07, 6.45) is 0. The Morgan fingerprint density at radius 1 is 1.44 bits per heavy atom. The molecule has 0 saturated heterocycles.